The van der Waals surface area contributed by atoms with Crippen LogP contribution in [0.1, 0.15) is 24.5 Å². The van der Waals surface area contributed by atoms with Gasteiger partial charge in [-0.2, -0.15) is 0 Å². The molecule has 0 unspecified atom stereocenters. The summed E-state index contributed by atoms with van der Waals surface area (Å²) in [6.07, 6.45) is 5.59. The molecule has 0 radical (unpaired) electrons. The molecule has 1 aliphatic heterocycles. The highest BCUT2D eigenvalue weighted by Gasteiger charge is 2.22. The zero-order valence-electron chi connectivity index (χ0n) is 13.1. The highest BCUT2D eigenvalue weighted by atomic mass is 16.1. The molecule has 2 aromatic heterocycles. The third kappa shape index (κ3) is 2.64. The maximum absolute atomic E-state index is 12.5. The van der Waals surface area contributed by atoms with Crippen molar-refractivity contribution in [1.82, 2.24) is 14.5 Å². The van der Waals surface area contributed by atoms with E-state index >= 15 is 0 Å². The lowest BCUT2D eigenvalue weighted by Gasteiger charge is -2.30. The summed E-state index contributed by atoms with van der Waals surface area (Å²) in [5, 5.41) is 0. The van der Waals surface area contributed by atoms with Gasteiger partial charge in [-0.1, -0.05) is 0 Å². The Bertz CT molecular complexity index is 715. The molecule has 22 heavy (non-hydrogen) atoms. The van der Waals surface area contributed by atoms with Gasteiger partial charge in [0.2, 0.25) is 0 Å². The first-order valence-electron chi connectivity index (χ1n) is 7.66. The number of nitrogens with two attached hydrogens (primary N) is 1. The molecular formula is C17H22N4O. The Morgan fingerprint density at radius 2 is 1.82 bits per heavy atom. The smallest absolute Gasteiger partial charge is 0.274 e. The van der Waals surface area contributed by atoms with Crippen molar-refractivity contribution in [3.05, 3.63) is 46.6 Å². The summed E-state index contributed by atoms with van der Waals surface area (Å²) in [6.45, 7) is 2.13. The van der Waals surface area contributed by atoms with Crippen LogP contribution in [0.4, 0.5) is 5.69 Å². The molecule has 1 fully saturated rings. The number of likely N-dealkylation sites (tertiary alicyclic amines) is 1. The van der Waals surface area contributed by atoms with Crippen molar-refractivity contribution in [2.45, 2.75) is 18.8 Å². The third-order valence-corrected chi connectivity index (χ3v) is 4.63. The average Bonchev–Trinajstić information content (AvgIpc) is 2.55. The largest absolute Gasteiger partial charge is 0.394 e. The predicted molar refractivity (Wildman–Crippen MR) is 88.8 cm³/mol. The first-order chi connectivity index (χ1) is 10.6. The molecule has 2 N–H and O–H groups in total. The Hall–Kier alpha value is -2.14. The molecule has 5 heteroatoms. The topological polar surface area (TPSA) is 64.2 Å². The number of anilines is 1. The summed E-state index contributed by atoms with van der Waals surface area (Å²) in [7, 11) is 3.96. The lowest BCUT2D eigenvalue weighted by atomic mass is 9.91. The lowest BCUT2D eigenvalue weighted by Crippen LogP contribution is -2.32. The van der Waals surface area contributed by atoms with Gasteiger partial charge in [0.1, 0.15) is 5.69 Å². The van der Waals surface area contributed by atoms with Crippen LogP contribution in [0, 0.1) is 0 Å². The van der Waals surface area contributed by atoms with Gasteiger partial charge in [0.25, 0.3) is 5.56 Å². The van der Waals surface area contributed by atoms with E-state index in [2.05, 4.69) is 23.0 Å². The van der Waals surface area contributed by atoms with E-state index in [1.807, 2.05) is 19.2 Å². The molecule has 0 atom stereocenters. The number of hydrogen-bond acceptors (Lipinski definition) is 4. The van der Waals surface area contributed by atoms with Gasteiger partial charge in [0, 0.05) is 36.6 Å². The highest BCUT2D eigenvalue weighted by Crippen LogP contribution is 2.31. The summed E-state index contributed by atoms with van der Waals surface area (Å²) in [5.74, 6) is 0.412. The van der Waals surface area contributed by atoms with E-state index in [9.17, 15) is 4.79 Å². The quantitative estimate of drug-likeness (QED) is 0.919. The molecule has 0 saturated carbocycles. The van der Waals surface area contributed by atoms with Crippen LogP contribution in [-0.2, 0) is 7.05 Å². The zero-order valence-corrected chi connectivity index (χ0v) is 13.1. The number of rotatable bonds is 2. The second-order valence-corrected chi connectivity index (χ2v) is 6.07. The minimum atomic E-state index is -0.108. The second kappa shape index (κ2) is 5.93. The number of hydrogen-bond donors (Lipinski definition) is 1. The molecule has 0 spiro atoms. The van der Waals surface area contributed by atoms with Crippen molar-refractivity contribution in [3.63, 3.8) is 0 Å². The van der Waals surface area contributed by atoms with Crippen LogP contribution in [0.15, 0.2) is 35.4 Å². The second-order valence-electron chi connectivity index (χ2n) is 6.07. The Balaban J connectivity index is 2.08. The molecule has 1 saturated heterocycles. The fourth-order valence-corrected chi connectivity index (χ4v) is 3.20. The van der Waals surface area contributed by atoms with Crippen molar-refractivity contribution < 1.29 is 0 Å². The summed E-state index contributed by atoms with van der Waals surface area (Å²) < 4.78 is 1.72. The molecule has 2 aromatic rings. The molecule has 0 aliphatic carbocycles. The molecule has 0 bridgehead atoms. The van der Waals surface area contributed by atoms with Gasteiger partial charge in [-0.05, 0) is 56.7 Å². The highest BCUT2D eigenvalue weighted by molar-refractivity contribution is 5.75. The molecule has 116 valence electrons. The van der Waals surface area contributed by atoms with Crippen molar-refractivity contribution >= 4 is 5.69 Å². The van der Waals surface area contributed by atoms with Gasteiger partial charge < -0.3 is 15.2 Å². The Labute approximate surface area is 130 Å². The summed E-state index contributed by atoms with van der Waals surface area (Å²) >= 11 is 0. The van der Waals surface area contributed by atoms with Crippen LogP contribution < -0.4 is 11.3 Å². The van der Waals surface area contributed by atoms with Crippen LogP contribution in [0.3, 0.4) is 0 Å². The number of piperidine rings is 1. The van der Waals surface area contributed by atoms with Crippen molar-refractivity contribution in [3.8, 4) is 11.1 Å². The lowest BCUT2D eigenvalue weighted by molar-refractivity contribution is 0.251. The Morgan fingerprint density at radius 3 is 2.45 bits per heavy atom. The van der Waals surface area contributed by atoms with E-state index in [-0.39, 0.29) is 5.56 Å². The van der Waals surface area contributed by atoms with Gasteiger partial charge in [-0.3, -0.25) is 9.78 Å². The third-order valence-electron chi connectivity index (χ3n) is 4.63. The number of nitrogen functional groups attached to an aromatic ring is 1. The van der Waals surface area contributed by atoms with E-state index in [0.29, 0.717) is 11.6 Å². The minimum Gasteiger partial charge on any atom is -0.394 e. The Morgan fingerprint density at radius 1 is 1.18 bits per heavy atom. The molecule has 0 aromatic carbocycles. The Kier molecular flexibility index (Phi) is 3.98. The molecule has 3 heterocycles. The van der Waals surface area contributed by atoms with E-state index < -0.39 is 0 Å². The predicted octanol–water partition coefficient (Wildman–Crippen LogP) is 1.84. The van der Waals surface area contributed by atoms with E-state index in [4.69, 9.17) is 5.73 Å². The van der Waals surface area contributed by atoms with E-state index in [1.165, 1.54) is 0 Å². The van der Waals surface area contributed by atoms with Crippen molar-refractivity contribution in [2.75, 3.05) is 25.9 Å². The summed E-state index contributed by atoms with van der Waals surface area (Å²) in [5.41, 5.74) is 9.12. The number of pyridine rings is 2. The van der Waals surface area contributed by atoms with E-state index in [0.717, 1.165) is 42.8 Å². The van der Waals surface area contributed by atoms with Crippen LogP contribution in [0.25, 0.3) is 11.1 Å². The molecule has 3 rings (SSSR count). The van der Waals surface area contributed by atoms with E-state index in [1.54, 1.807) is 17.0 Å². The normalized spacial score (nSPS) is 16.8. The first kappa shape index (κ1) is 14.8. The molecule has 1 aliphatic rings. The zero-order chi connectivity index (χ0) is 15.7. The summed E-state index contributed by atoms with van der Waals surface area (Å²) in [6, 6.07) is 5.87. The average molecular weight is 298 g/mol. The fraction of sp³-hybridized carbons (Fsp3) is 0.412. The van der Waals surface area contributed by atoms with Crippen molar-refractivity contribution in [2.24, 2.45) is 7.05 Å². The fourth-order valence-electron chi connectivity index (χ4n) is 3.20. The van der Waals surface area contributed by atoms with Gasteiger partial charge >= 0.3 is 0 Å². The minimum absolute atomic E-state index is 0.108. The van der Waals surface area contributed by atoms with Gasteiger partial charge in [0.15, 0.2) is 0 Å². The summed E-state index contributed by atoms with van der Waals surface area (Å²) in [4.78, 5) is 18.9. The number of aromatic nitrogens is 2. The van der Waals surface area contributed by atoms with Crippen LogP contribution in [0.2, 0.25) is 0 Å². The molecule has 5 nitrogen and oxygen atoms in total. The van der Waals surface area contributed by atoms with Gasteiger partial charge in [0.05, 0.1) is 0 Å². The molecular weight excluding hydrogens is 276 g/mol. The van der Waals surface area contributed by atoms with Crippen LogP contribution in [0.5, 0.6) is 0 Å². The van der Waals surface area contributed by atoms with Crippen LogP contribution in [-0.4, -0.2) is 34.6 Å². The molecule has 0 amide bonds. The number of nitrogens with zero attached hydrogens (tertiary/aromatic N) is 3. The van der Waals surface area contributed by atoms with Crippen molar-refractivity contribution in [1.29, 1.82) is 0 Å². The standard InChI is InChI=1S/C17H22N4O/c1-20-9-5-13(6-10-20)15-11-14(12-3-7-19-8-4-12)16(18)17(22)21(15)2/h3-4,7-8,11,13H,5-6,9-10,18H2,1-2H3. The SMILES string of the molecule is CN1CCC(c2cc(-c3ccncc3)c(N)c(=O)n2C)CC1. The first-order valence-corrected chi connectivity index (χ1v) is 7.66. The monoisotopic (exact) mass is 298 g/mol. The van der Waals surface area contributed by atoms with Gasteiger partial charge in [-0.25, -0.2) is 0 Å². The maximum Gasteiger partial charge on any atom is 0.274 e. The maximum atomic E-state index is 12.5. The van der Waals surface area contributed by atoms with Gasteiger partial charge in [-0.15, -0.1) is 0 Å². The van der Waals surface area contributed by atoms with Crippen LogP contribution >= 0.6 is 0 Å².